The Morgan fingerprint density at radius 3 is 2.70 bits per heavy atom. The van der Waals surface area contributed by atoms with Crippen LogP contribution < -0.4 is 15.1 Å². The Balaban J connectivity index is 1.12. The largest absolute Gasteiger partial charge is 0.355 e. The number of hydrogen-bond donors (Lipinski definition) is 1. The van der Waals surface area contributed by atoms with E-state index in [-0.39, 0.29) is 24.2 Å². The third-order valence-electron chi connectivity index (χ3n) is 5.81. The second kappa shape index (κ2) is 7.40. The number of carbonyl (C=O) groups is 2. The summed E-state index contributed by atoms with van der Waals surface area (Å²) in [4.78, 5) is 28.8. The van der Waals surface area contributed by atoms with E-state index in [1.54, 1.807) is 9.42 Å². The SMILES string of the molecule is Cc1nnc2ccc(N3CC(CNC(=O)C4CC(=O)N(c5ccccc5)C4)C3)nn12. The average molecular weight is 405 g/mol. The molecule has 0 spiro atoms. The molecule has 154 valence electrons. The fraction of sp³-hybridized carbons (Fsp3) is 0.381. The summed E-state index contributed by atoms with van der Waals surface area (Å²) in [7, 11) is 0. The van der Waals surface area contributed by atoms with Crippen LogP contribution in [-0.4, -0.2) is 57.8 Å². The summed E-state index contributed by atoms with van der Waals surface area (Å²) >= 11 is 0. The number of anilines is 2. The van der Waals surface area contributed by atoms with E-state index >= 15 is 0 Å². The molecule has 1 unspecified atom stereocenters. The first-order chi connectivity index (χ1) is 14.6. The van der Waals surface area contributed by atoms with Crippen LogP contribution in [0, 0.1) is 18.8 Å². The smallest absolute Gasteiger partial charge is 0.227 e. The first kappa shape index (κ1) is 18.5. The number of aryl methyl sites for hydroxylation is 1. The Morgan fingerprint density at radius 1 is 1.10 bits per heavy atom. The summed E-state index contributed by atoms with van der Waals surface area (Å²) in [6.45, 7) is 4.59. The summed E-state index contributed by atoms with van der Waals surface area (Å²) < 4.78 is 1.74. The van der Waals surface area contributed by atoms with Gasteiger partial charge in [0.15, 0.2) is 11.5 Å². The van der Waals surface area contributed by atoms with Crippen molar-refractivity contribution in [1.29, 1.82) is 0 Å². The van der Waals surface area contributed by atoms with E-state index in [4.69, 9.17) is 0 Å². The van der Waals surface area contributed by atoms with Crippen molar-refractivity contribution in [3.8, 4) is 0 Å². The molecule has 0 aliphatic carbocycles. The zero-order chi connectivity index (χ0) is 20.7. The van der Waals surface area contributed by atoms with E-state index in [0.29, 0.717) is 19.0 Å². The van der Waals surface area contributed by atoms with Gasteiger partial charge < -0.3 is 15.1 Å². The van der Waals surface area contributed by atoms with Crippen LogP contribution in [0.1, 0.15) is 12.2 Å². The standard InChI is InChI=1S/C21H23N7O2/c1-14-23-24-18-7-8-19(25-28(14)18)26-11-15(12-26)10-22-21(30)16-9-20(29)27(13-16)17-5-3-2-4-6-17/h2-8,15-16H,9-13H2,1H3,(H,22,30). The molecule has 30 heavy (non-hydrogen) atoms. The minimum Gasteiger partial charge on any atom is -0.355 e. The highest BCUT2D eigenvalue weighted by Crippen LogP contribution is 2.26. The van der Waals surface area contributed by atoms with Crippen molar-refractivity contribution in [3.05, 3.63) is 48.3 Å². The van der Waals surface area contributed by atoms with Gasteiger partial charge in [0.05, 0.1) is 5.92 Å². The van der Waals surface area contributed by atoms with Gasteiger partial charge in [0.25, 0.3) is 0 Å². The summed E-state index contributed by atoms with van der Waals surface area (Å²) in [5.41, 5.74) is 1.58. The number of nitrogens with zero attached hydrogens (tertiary/aromatic N) is 6. The molecule has 1 N–H and O–H groups in total. The van der Waals surface area contributed by atoms with Crippen LogP contribution in [-0.2, 0) is 9.59 Å². The Bertz CT molecular complexity index is 1090. The number of fused-ring (bicyclic) bond motifs is 1. The summed E-state index contributed by atoms with van der Waals surface area (Å²) in [5.74, 6) is 1.67. The van der Waals surface area contributed by atoms with E-state index < -0.39 is 0 Å². The van der Waals surface area contributed by atoms with E-state index in [0.717, 1.165) is 36.1 Å². The van der Waals surface area contributed by atoms with Crippen LogP contribution in [0.25, 0.3) is 5.65 Å². The van der Waals surface area contributed by atoms with Crippen molar-refractivity contribution in [2.24, 2.45) is 11.8 Å². The lowest BCUT2D eigenvalue weighted by atomic mass is 9.99. The lowest BCUT2D eigenvalue weighted by Crippen LogP contribution is -2.52. The molecule has 0 radical (unpaired) electrons. The molecule has 0 bridgehead atoms. The molecule has 5 rings (SSSR count). The Labute approximate surface area is 173 Å². The van der Waals surface area contributed by atoms with Gasteiger partial charge >= 0.3 is 0 Å². The van der Waals surface area contributed by atoms with Crippen LogP contribution >= 0.6 is 0 Å². The number of aromatic nitrogens is 4. The Morgan fingerprint density at radius 2 is 1.90 bits per heavy atom. The molecule has 2 saturated heterocycles. The molecule has 0 saturated carbocycles. The van der Waals surface area contributed by atoms with Crippen molar-refractivity contribution in [1.82, 2.24) is 25.1 Å². The fourth-order valence-corrected chi connectivity index (χ4v) is 4.07. The van der Waals surface area contributed by atoms with Gasteiger partial charge in [-0.05, 0) is 31.2 Å². The maximum atomic E-state index is 12.6. The number of carbonyl (C=O) groups excluding carboxylic acids is 2. The minimum atomic E-state index is -0.297. The van der Waals surface area contributed by atoms with Gasteiger partial charge in [0.2, 0.25) is 11.8 Å². The van der Waals surface area contributed by atoms with Gasteiger partial charge in [-0.15, -0.1) is 15.3 Å². The number of hydrogen-bond acceptors (Lipinski definition) is 6. The van der Waals surface area contributed by atoms with E-state index in [1.165, 1.54) is 0 Å². The quantitative estimate of drug-likeness (QED) is 0.681. The second-order valence-corrected chi connectivity index (χ2v) is 7.97. The highest BCUT2D eigenvalue weighted by atomic mass is 16.2. The Hall–Kier alpha value is -3.49. The monoisotopic (exact) mass is 405 g/mol. The zero-order valence-electron chi connectivity index (χ0n) is 16.7. The highest BCUT2D eigenvalue weighted by molar-refractivity contribution is 6.00. The van der Waals surface area contributed by atoms with Gasteiger partial charge in [-0.3, -0.25) is 9.59 Å². The minimum absolute atomic E-state index is 0.00178. The topological polar surface area (TPSA) is 95.7 Å². The molecular weight excluding hydrogens is 382 g/mol. The maximum absolute atomic E-state index is 12.6. The molecule has 3 aromatic rings. The number of amides is 2. The lowest BCUT2D eigenvalue weighted by molar-refractivity contribution is -0.126. The van der Waals surface area contributed by atoms with Gasteiger partial charge in [0.1, 0.15) is 5.82 Å². The summed E-state index contributed by atoms with van der Waals surface area (Å²) in [6.07, 6.45) is 0.264. The van der Waals surface area contributed by atoms with Crippen molar-refractivity contribution >= 4 is 29.0 Å². The zero-order valence-corrected chi connectivity index (χ0v) is 16.7. The van der Waals surface area contributed by atoms with Crippen LogP contribution in [0.3, 0.4) is 0 Å². The normalized spacial score (nSPS) is 19.4. The summed E-state index contributed by atoms with van der Waals surface area (Å²) in [6, 6.07) is 13.4. The molecule has 9 heteroatoms. The van der Waals surface area contributed by atoms with E-state index in [1.807, 2.05) is 49.4 Å². The van der Waals surface area contributed by atoms with Crippen LogP contribution in [0.2, 0.25) is 0 Å². The molecule has 9 nitrogen and oxygen atoms in total. The number of para-hydroxylation sites is 1. The molecule has 2 amide bonds. The second-order valence-electron chi connectivity index (χ2n) is 7.97. The maximum Gasteiger partial charge on any atom is 0.227 e. The van der Waals surface area contributed by atoms with E-state index in [9.17, 15) is 9.59 Å². The van der Waals surface area contributed by atoms with Gasteiger partial charge in [-0.1, -0.05) is 18.2 Å². The molecule has 2 aromatic heterocycles. The predicted octanol–water partition coefficient (Wildman–Crippen LogP) is 1.04. The van der Waals surface area contributed by atoms with Crippen molar-refractivity contribution < 1.29 is 9.59 Å². The third kappa shape index (κ3) is 3.36. The van der Waals surface area contributed by atoms with Gasteiger partial charge in [-0.2, -0.15) is 4.52 Å². The molecule has 2 aliphatic heterocycles. The first-order valence-corrected chi connectivity index (χ1v) is 10.2. The Kier molecular flexibility index (Phi) is 4.57. The first-order valence-electron chi connectivity index (χ1n) is 10.2. The van der Waals surface area contributed by atoms with Crippen LogP contribution in [0.15, 0.2) is 42.5 Å². The molecular formula is C21H23N7O2. The van der Waals surface area contributed by atoms with Gasteiger partial charge in [-0.25, -0.2) is 0 Å². The molecule has 1 atom stereocenters. The molecule has 2 aliphatic rings. The van der Waals surface area contributed by atoms with Crippen molar-refractivity contribution in [3.63, 3.8) is 0 Å². The molecule has 2 fully saturated rings. The van der Waals surface area contributed by atoms with Crippen molar-refractivity contribution in [2.75, 3.05) is 36.0 Å². The van der Waals surface area contributed by atoms with Crippen molar-refractivity contribution in [2.45, 2.75) is 13.3 Å². The van der Waals surface area contributed by atoms with Crippen LogP contribution in [0.4, 0.5) is 11.5 Å². The third-order valence-corrected chi connectivity index (χ3v) is 5.81. The average Bonchev–Trinajstić information content (AvgIpc) is 3.30. The van der Waals surface area contributed by atoms with Gasteiger partial charge in [0, 0.05) is 44.2 Å². The fourth-order valence-electron chi connectivity index (χ4n) is 4.07. The number of rotatable bonds is 5. The van der Waals surface area contributed by atoms with Crippen LogP contribution in [0.5, 0.6) is 0 Å². The number of nitrogens with one attached hydrogen (secondary N) is 1. The summed E-state index contributed by atoms with van der Waals surface area (Å²) in [5, 5.41) is 15.7. The van der Waals surface area contributed by atoms with E-state index in [2.05, 4.69) is 25.5 Å². The lowest BCUT2D eigenvalue weighted by Gasteiger charge is -2.40. The number of benzene rings is 1. The predicted molar refractivity (Wildman–Crippen MR) is 111 cm³/mol. The molecule has 1 aromatic carbocycles. The molecule has 4 heterocycles. The highest BCUT2D eigenvalue weighted by Gasteiger charge is 2.36.